The molecule has 1 heterocycles. The molecule has 1 aromatic rings. The number of aromatic nitrogens is 1. The minimum Gasteiger partial charge on any atom is -0.375 e. The van der Waals surface area contributed by atoms with Crippen LogP contribution in [0.5, 0.6) is 0 Å². The number of hydrogen-bond donors (Lipinski definition) is 2. The number of nitrogens with two attached hydrogens (primary N) is 2. The van der Waals surface area contributed by atoms with Crippen molar-refractivity contribution in [3.8, 4) is 11.8 Å². The van der Waals surface area contributed by atoms with Gasteiger partial charge in [0.1, 0.15) is 0 Å². The van der Waals surface area contributed by atoms with Gasteiger partial charge in [0.05, 0.1) is 5.69 Å². The first kappa shape index (κ1) is 12.4. The Morgan fingerprint density at radius 3 is 3.06 bits per heavy atom. The van der Waals surface area contributed by atoms with Crippen molar-refractivity contribution in [3.05, 3.63) is 10.6 Å². The SMILES string of the molecule is CCCC#CCC1(N)CCc2nc(N)sc2C1. The molecule has 92 valence electrons. The fourth-order valence-corrected chi connectivity index (χ4v) is 3.15. The molecule has 0 saturated heterocycles. The van der Waals surface area contributed by atoms with E-state index in [4.69, 9.17) is 11.5 Å². The number of nitrogen functional groups attached to an aromatic ring is 1. The van der Waals surface area contributed by atoms with E-state index >= 15 is 0 Å². The summed E-state index contributed by atoms with van der Waals surface area (Å²) in [7, 11) is 0. The number of unbranched alkanes of at least 4 members (excludes halogenated alkanes) is 1. The van der Waals surface area contributed by atoms with Gasteiger partial charge in [0.15, 0.2) is 5.13 Å². The van der Waals surface area contributed by atoms with Crippen molar-refractivity contribution in [2.45, 2.75) is 51.0 Å². The molecule has 1 aliphatic rings. The summed E-state index contributed by atoms with van der Waals surface area (Å²) in [5.74, 6) is 6.38. The maximum atomic E-state index is 6.40. The highest BCUT2D eigenvalue weighted by Crippen LogP contribution is 2.33. The number of hydrogen-bond acceptors (Lipinski definition) is 4. The standard InChI is InChI=1S/C13H19N3S/c1-2-3-4-5-7-13(15)8-6-10-11(9-13)17-12(14)16-10/h2-3,6-9,15H2,1H3,(H2,14,16). The van der Waals surface area contributed by atoms with Gasteiger partial charge in [-0.2, -0.15) is 0 Å². The highest BCUT2D eigenvalue weighted by Gasteiger charge is 2.31. The monoisotopic (exact) mass is 249 g/mol. The summed E-state index contributed by atoms with van der Waals surface area (Å²) in [5.41, 5.74) is 13.1. The van der Waals surface area contributed by atoms with E-state index < -0.39 is 0 Å². The summed E-state index contributed by atoms with van der Waals surface area (Å²) < 4.78 is 0. The minimum absolute atomic E-state index is 0.174. The van der Waals surface area contributed by atoms with E-state index in [1.807, 2.05) is 0 Å². The Morgan fingerprint density at radius 2 is 2.29 bits per heavy atom. The lowest BCUT2D eigenvalue weighted by molar-refractivity contribution is 0.381. The van der Waals surface area contributed by atoms with Crippen molar-refractivity contribution >= 4 is 16.5 Å². The predicted octanol–water partition coefficient (Wildman–Crippen LogP) is 2.11. The molecule has 4 heteroatoms. The minimum atomic E-state index is -0.174. The molecule has 0 fully saturated rings. The molecule has 1 unspecified atom stereocenters. The Labute approximate surface area is 107 Å². The molecule has 1 aromatic heterocycles. The Balaban J connectivity index is 2.03. The highest BCUT2D eigenvalue weighted by atomic mass is 32.1. The molecular formula is C13H19N3S. The lowest BCUT2D eigenvalue weighted by atomic mass is 9.82. The third kappa shape index (κ3) is 2.99. The van der Waals surface area contributed by atoms with Gasteiger partial charge in [0.2, 0.25) is 0 Å². The topological polar surface area (TPSA) is 64.9 Å². The van der Waals surface area contributed by atoms with E-state index in [2.05, 4.69) is 23.7 Å². The smallest absolute Gasteiger partial charge is 0.180 e. The van der Waals surface area contributed by atoms with E-state index in [-0.39, 0.29) is 5.54 Å². The molecule has 0 aromatic carbocycles. The second-order valence-electron chi connectivity index (χ2n) is 4.74. The van der Waals surface area contributed by atoms with Crippen LogP contribution in [-0.4, -0.2) is 10.5 Å². The van der Waals surface area contributed by atoms with E-state index in [1.54, 1.807) is 11.3 Å². The van der Waals surface area contributed by atoms with Gasteiger partial charge < -0.3 is 11.5 Å². The summed E-state index contributed by atoms with van der Waals surface area (Å²) >= 11 is 1.57. The molecule has 0 bridgehead atoms. The van der Waals surface area contributed by atoms with Crippen molar-refractivity contribution < 1.29 is 0 Å². The van der Waals surface area contributed by atoms with Crippen molar-refractivity contribution in [1.29, 1.82) is 0 Å². The van der Waals surface area contributed by atoms with Crippen LogP contribution in [0.3, 0.4) is 0 Å². The molecule has 4 N–H and O–H groups in total. The van der Waals surface area contributed by atoms with Crippen LogP contribution in [0.2, 0.25) is 0 Å². The molecule has 0 aliphatic heterocycles. The number of aryl methyl sites for hydroxylation is 1. The Morgan fingerprint density at radius 1 is 1.47 bits per heavy atom. The van der Waals surface area contributed by atoms with Gasteiger partial charge in [-0.15, -0.1) is 23.2 Å². The number of thiazole rings is 1. The molecule has 0 saturated carbocycles. The van der Waals surface area contributed by atoms with Gasteiger partial charge in [0, 0.05) is 29.7 Å². The first-order chi connectivity index (χ1) is 8.13. The lowest BCUT2D eigenvalue weighted by Crippen LogP contribution is -2.44. The van der Waals surface area contributed by atoms with Gasteiger partial charge in [-0.1, -0.05) is 6.92 Å². The average Bonchev–Trinajstić information content (AvgIpc) is 2.64. The molecule has 1 atom stereocenters. The second kappa shape index (κ2) is 5.07. The molecule has 0 amide bonds. The fraction of sp³-hybridized carbons (Fsp3) is 0.615. The van der Waals surface area contributed by atoms with Crippen LogP contribution in [0.15, 0.2) is 0 Å². The third-order valence-electron chi connectivity index (χ3n) is 3.11. The van der Waals surface area contributed by atoms with Crippen LogP contribution < -0.4 is 11.5 Å². The van der Waals surface area contributed by atoms with Crippen molar-refractivity contribution in [3.63, 3.8) is 0 Å². The van der Waals surface area contributed by atoms with Crippen LogP contribution in [0.1, 0.15) is 43.2 Å². The lowest BCUT2D eigenvalue weighted by Gasteiger charge is -2.30. The summed E-state index contributed by atoms with van der Waals surface area (Å²) in [6.07, 6.45) is 5.64. The number of nitrogens with zero attached hydrogens (tertiary/aromatic N) is 1. The third-order valence-corrected chi connectivity index (χ3v) is 4.03. The quantitative estimate of drug-likeness (QED) is 0.789. The summed E-state index contributed by atoms with van der Waals surface area (Å²) in [4.78, 5) is 5.59. The predicted molar refractivity (Wildman–Crippen MR) is 72.8 cm³/mol. The number of fused-ring (bicyclic) bond motifs is 1. The first-order valence-corrected chi connectivity index (χ1v) is 6.93. The van der Waals surface area contributed by atoms with Gasteiger partial charge in [0.25, 0.3) is 0 Å². The maximum absolute atomic E-state index is 6.40. The summed E-state index contributed by atoms with van der Waals surface area (Å²) in [6, 6.07) is 0. The summed E-state index contributed by atoms with van der Waals surface area (Å²) in [5, 5.41) is 0.663. The van der Waals surface area contributed by atoms with E-state index in [0.717, 1.165) is 44.2 Å². The van der Waals surface area contributed by atoms with Crippen LogP contribution in [0.4, 0.5) is 5.13 Å². The van der Waals surface area contributed by atoms with Gasteiger partial charge in [-0.05, 0) is 19.3 Å². The molecular weight excluding hydrogens is 230 g/mol. The number of anilines is 1. The van der Waals surface area contributed by atoms with Crippen LogP contribution in [0, 0.1) is 11.8 Å². The maximum Gasteiger partial charge on any atom is 0.180 e. The zero-order valence-electron chi connectivity index (χ0n) is 10.3. The Hall–Kier alpha value is -1.05. The van der Waals surface area contributed by atoms with E-state index in [0.29, 0.717) is 5.13 Å². The largest absolute Gasteiger partial charge is 0.375 e. The van der Waals surface area contributed by atoms with E-state index in [1.165, 1.54) is 4.88 Å². The van der Waals surface area contributed by atoms with Crippen molar-refractivity contribution in [2.24, 2.45) is 5.73 Å². The molecule has 1 aliphatic carbocycles. The van der Waals surface area contributed by atoms with Gasteiger partial charge in [-0.25, -0.2) is 4.98 Å². The van der Waals surface area contributed by atoms with Gasteiger partial charge in [-0.3, -0.25) is 0 Å². The Kier molecular flexibility index (Phi) is 3.70. The molecule has 3 nitrogen and oxygen atoms in total. The molecule has 2 rings (SSSR count). The zero-order valence-corrected chi connectivity index (χ0v) is 11.1. The van der Waals surface area contributed by atoms with Crippen molar-refractivity contribution in [2.75, 3.05) is 5.73 Å². The average molecular weight is 249 g/mol. The molecule has 0 spiro atoms. The highest BCUT2D eigenvalue weighted by molar-refractivity contribution is 7.15. The van der Waals surface area contributed by atoms with Gasteiger partial charge >= 0.3 is 0 Å². The first-order valence-electron chi connectivity index (χ1n) is 6.11. The van der Waals surface area contributed by atoms with Crippen LogP contribution in [-0.2, 0) is 12.8 Å². The summed E-state index contributed by atoms with van der Waals surface area (Å²) in [6.45, 7) is 2.14. The molecule has 17 heavy (non-hydrogen) atoms. The zero-order chi connectivity index (χ0) is 12.3. The fourth-order valence-electron chi connectivity index (χ4n) is 2.12. The van der Waals surface area contributed by atoms with E-state index in [9.17, 15) is 0 Å². The van der Waals surface area contributed by atoms with Crippen LogP contribution >= 0.6 is 11.3 Å². The normalized spacial score (nSPS) is 22.7. The number of rotatable bonds is 2. The Bertz CT molecular complexity index is 455. The van der Waals surface area contributed by atoms with Crippen molar-refractivity contribution in [1.82, 2.24) is 4.98 Å². The van der Waals surface area contributed by atoms with Crippen LogP contribution in [0.25, 0.3) is 0 Å². The molecule has 0 radical (unpaired) electrons. The second-order valence-corrected chi connectivity index (χ2v) is 5.86.